The molecule has 1 saturated heterocycles. The van der Waals surface area contributed by atoms with Gasteiger partial charge in [0, 0.05) is 35.7 Å². The van der Waals surface area contributed by atoms with E-state index in [9.17, 15) is 0 Å². The van der Waals surface area contributed by atoms with Gasteiger partial charge in [-0.1, -0.05) is 13.8 Å². The lowest BCUT2D eigenvalue weighted by Gasteiger charge is -2.46. The number of nitrogens with zero attached hydrogens (tertiary/aromatic N) is 1. The zero-order valence-corrected chi connectivity index (χ0v) is 9.39. The van der Waals surface area contributed by atoms with Gasteiger partial charge in [0.2, 0.25) is 0 Å². The van der Waals surface area contributed by atoms with Crippen molar-refractivity contribution in [3.63, 3.8) is 0 Å². The van der Waals surface area contributed by atoms with Gasteiger partial charge < -0.3 is 5.73 Å². The van der Waals surface area contributed by atoms with Crippen molar-refractivity contribution in [3.8, 4) is 0 Å². The smallest absolute Gasteiger partial charge is 0.0149 e. The van der Waals surface area contributed by atoms with Crippen LogP contribution in [0, 0.1) is 0 Å². The van der Waals surface area contributed by atoms with Gasteiger partial charge in [0.05, 0.1) is 0 Å². The van der Waals surface area contributed by atoms with Crippen LogP contribution in [0.15, 0.2) is 0 Å². The molecule has 13 heavy (non-hydrogen) atoms. The van der Waals surface area contributed by atoms with E-state index in [2.05, 4.69) is 30.5 Å². The predicted molar refractivity (Wildman–Crippen MR) is 59.1 cm³/mol. The molecule has 2 atom stereocenters. The third-order valence-corrected chi connectivity index (χ3v) is 4.34. The van der Waals surface area contributed by atoms with E-state index in [1.54, 1.807) is 0 Å². The topological polar surface area (TPSA) is 29.3 Å². The highest BCUT2D eigenvalue weighted by Gasteiger charge is 2.34. The Morgan fingerprint density at radius 1 is 1.15 bits per heavy atom. The van der Waals surface area contributed by atoms with Crippen molar-refractivity contribution >= 4 is 11.8 Å². The highest BCUT2D eigenvalue weighted by Crippen LogP contribution is 2.31. The first-order valence-corrected chi connectivity index (χ1v) is 6.24. The first-order valence-electron chi connectivity index (χ1n) is 5.30. The van der Waals surface area contributed by atoms with Crippen LogP contribution in [-0.4, -0.2) is 40.6 Å². The molecule has 0 radical (unpaired) electrons. The fraction of sp³-hybridized carbons (Fsp3) is 1.00. The van der Waals surface area contributed by atoms with Gasteiger partial charge in [-0.3, -0.25) is 4.90 Å². The molecule has 2 nitrogen and oxygen atoms in total. The molecule has 0 amide bonds. The van der Waals surface area contributed by atoms with E-state index < -0.39 is 0 Å². The molecule has 0 bridgehead atoms. The summed E-state index contributed by atoms with van der Waals surface area (Å²) in [6, 6.07) is 1.30. The van der Waals surface area contributed by atoms with Crippen molar-refractivity contribution < 1.29 is 0 Å². The molecule has 1 saturated carbocycles. The fourth-order valence-corrected chi connectivity index (χ4v) is 3.79. The summed E-state index contributed by atoms with van der Waals surface area (Å²) < 4.78 is 0. The van der Waals surface area contributed by atoms with Crippen LogP contribution in [0.1, 0.15) is 26.7 Å². The van der Waals surface area contributed by atoms with E-state index in [-0.39, 0.29) is 0 Å². The minimum Gasteiger partial charge on any atom is -0.328 e. The Bertz CT molecular complexity index is 170. The molecule has 3 heteroatoms. The van der Waals surface area contributed by atoms with Crippen LogP contribution in [0.2, 0.25) is 0 Å². The summed E-state index contributed by atoms with van der Waals surface area (Å²) in [6.07, 6.45) is 2.45. The molecule has 2 N–H and O–H groups in total. The summed E-state index contributed by atoms with van der Waals surface area (Å²) in [6.45, 7) is 7.22. The molecule has 0 aromatic carbocycles. The van der Waals surface area contributed by atoms with Crippen LogP contribution in [0.5, 0.6) is 0 Å². The highest BCUT2D eigenvalue weighted by molar-refractivity contribution is 8.00. The zero-order valence-electron chi connectivity index (χ0n) is 8.57. The summed E-state index contributed by atoms with van der Waals surface area (Å²) in [5.41, 5.74) is 5.81. The molecule has 0 spiro atoms. The molecule has 1 heterocycles. The lowest BCUT2D eigenvalue weighted by atomic mass is 9.86. The number of rotatable bonds is 1. The fourth-order valence-electron chi connectivity index (χ4n) is 2.44. The Kier molecular flexibility index (Phi) is 2.86. The second-order valence-electron chi connectivity index (χ2n) is 4.60. The van der Waals surface area contributed by atoms with Crippen molar-refractivity contribution in [2.45, 2.75) is 49.3 Å². The third-order valence-electron chi connectivity index (χ3n) is 3.11. The molecule has 2 unspecified atom stereocenters. The Morgan fingerprint density at radius 2 is 1.69 bits per heavy atom. The molecular weight excluding hydrogens is 180 g/mol. The Hall–Kier alpha value is 0.270. The quantitative estimate of drug-likeness (QED) is 0.692. The lowest BCUT2D eigenvalue weighted by molar-refractivity contribution is 0.109. The Labute approximate surface area is 85.2 Å². The van der Waals surface area contributed by atoms with Crippen LogP contribution < -0.4 is 5.73 Å². The average molecular weight is 200 g/mol. The largest absolute Gasteiger partial charge is 0.328 e. The second-order valence-corrected chi connectivity index (χ2v) is 6.48. The molecule has 1 aliphatic carbocycles. The van der Waals surface area contributed by atoms with E-state index in [1.807, 2.05) is 0 Å². The van der Waals surface area contributed by atoms with Crippen LogP contribution in [0.25, 0.3) is 0 Å². The molecular formula is C10H20N2S. The molecule has 1 aliphatic heterocycles. The van der Waals surface area contributed by atoms with Gasteiger partial charge in [0.25, 0.3) is 0 Å². The average Bonchev–Trinajstić information content (AvgIpc) is 1.96. The number of nitrogens with two attached hydrogens (primary N) is 1. The maximum absolute atomic E-state index is 5.81. The summed E-state index contributed by atoms with van der Waals surface area (Å²) >= 11 is 2.12. The molecule has 2 fully saturated rings. The SMILES string of the molecule is CC1CN(C2CC(N)C2)CC(C)S1. The Balaban J connectivity index is 1.85. The number of hydrogen-bond acceptors (Lipinski definition) is 3. The molecule has 0 aromatic rings. The summed E-state index contributed by atoms with van der Waals surface area (Å²) in [5.74, 6) is 0. The maximum Gasteiger partial charge on any atom is 0.0149 e. The van der Waals surface area contributed by atoms with Crippen molar-refractivity contribution in [1.82, 2.24) is 4.90 Å². The van der Waals surface area contributed by atoms with Gasteiger partial charge in [-0.25, -0.2) is 0 Å². The van der Waals surface area contributed by atoms with Gasteiger partial charge in [-0.15, -0.1) is 0 Å². The maximum atomic E-state index is 5.81. The van der Waals surface area contributed by atoms with Crippen molar-refractivity contribution in [2.75, 3.05) is 13.1 Å². The number of thioether (sulfide) groups is 1. The minimum atomic E-state index is 0.491. The van der Waals surface area contributed by atoms with Crippen LogP contribution in [0.4, 0.5) is 0 Å². The molecule has 2 aliphatic rings. The van der Waals surface area contributed by atoms with Gasteiger partial charge in [0.15, 0.2) is 0 Å². The molecule has 2 rings (SSSR count). The Morgan fingerprint density at radius 3 is 2.15 bits per heavy atom. The van der Waals surface area contributed by atoms with Gasteiger partial charge in [-0.2, -0.15) is 11.8 Å². The first kappa shape index (κ1) is 9.81. The molecule has 76 valence electrons. The van der Waals surface area contributed by atoms with Crippen LogP contribution >= 0.6 is 11.8 Å². The summed E-state index contributed by atoms with van der Waals surface area (Å²) in [7, 11) is 0. The standard InChI is InChI=1S/C10H20N2S/c1-7-5-12(6-8(2)13-7)10-3-9(11)4-10/h7-10H,3-6,11H2,1-2H3. The van der Waals surface area contributed by atoms with E-state index in [1.165, 1.54) is 25.9 Å². The van der Waals surface area contributed by atoms with Gasteiger partial charge >= 0.3 is 0 Å². The van der Waals surface area contributed by atoms with Gasteiger partial charge in [-0.05, 0) is 12.8 Å². The van der Waals surface area contributed by atoms with Crippen molar-refractivity contribution in [3.05, 3.63) is 0 Å². The van der Waals surface area contributed by atoms with Crippen LogP contribution in [-0.2, 0) is 0 Å². The van der Waals surface area contributed by atoms with Crippen molar-refractivity contribution in [1.29, 1.82) is 0 Å². The van der Waals surface area contributed by atoms with E-state index >= 15 is 0 Å². The zero-order chi connectivity index (χ0) is 9.42. The highest BCUT2D eigenvalue weighted by atomic mass is 32.2. The second kappa shape index (κ2) is 3.79. The van der Waals surface area contributed by atoms with E-state index in [0.29, 0.717) is 6.04 Å². The summed E-state index contributed by atoms with van der Waals surface area (Å²) in [4.78, 5) is 2.65. The monoisotopic (exact) mass is 200 g/mol. The summed E-state index contributed by atoms with van der Waals surface area (Å²) in [5, 5.41) is 1.61. The minimum absolute atomic E-state index is 0.491. The normalized spacial score (nSPS) is 47.3. The van der Waals surface area contributed by atoms with Crippen LogP contribution in [0.3, 0.4) is 0 Å². The van der Waals surface area contributed by atoms with E-state index in [4.69, 9.17) is 5.73 Å². The number of hydrogen-bond donors (Lipinski definition) is 1. The first-order chi connectivity index (χ1) is 6.15. The lowest BCUT2D eigenvalue weighted by Crippen LogP contribution is -2.55. The van der Waals surface area contributed by atoms with Gasteiger partial charge in [0.1, 0.15) is 0 Å². The van der Waals surface area contributed by atoms with E-state index in [0.717, 1.165) is 16.5 Å². The van der Waals surface area contributed by atoms with Crippen molar-refractivity contribution in [2.24, 2.45) is 5.73 Å². The predicted octanol–water partition coefficient (Wildman–Crippen LogP) is 1.30. The molecule has 0 aromatic heterocycles. The third kappa shape index (κ3) is 2.20.